The van der Waals surface area contributed by atoms with E-state index >= 15 is 0 Å². The molecule has 1 heteroatoms. The average molecular weight is 608 g/mol. The van der Waals surface area contributed by atoms with Crippen molar-refractivity contribution in [2.75, 3.05) is 0 Å². The van der Waals surface area contributed by atoms with E-state index in [0.29, 0.717) is 0 Å². The summed E-state index contributed by atoms with van der Waals surface area (Å²) in [4.78, 5) is 4.46. The van der Waals surface area contributed by atoms with Crippen LogP contribution in [0.2, 0.25) is 0 Å². The van der Waals surface area contributed by atoms with Crippen LogP contribution in [-0.2, 0) is 0 Å². The highest BCUT2D eigenvalue weighted by Crippen LogP contribution is 2.39. The van der Waals surface area contributed by atoms with E-state index in [1.165, 1.54) is 98.0 Å². The van der Waals surface area contributed by atoms with Gasteiger partial charge in [-0.15, -0.1) is 0 Å². The second kappa shape index (κ2) is 10.6. The molecule has 1 nitrogen and oxygen atoms in total. The molecule has 0 fully saturated rings. The van der Waals surface area contributed by atoms with Crippen LogP contribution in [0.3, 0.4) is 0 Å². The zero-order valence-corrected chi connectivity index (χ0v) is 26.2. The fourth-order valence-electron chi connectivity index (χ4n) is 7.82. The van der Waals surface area contributed by atoms with Gasteiger partial charge in [-0.3, -0.25) is 4.98 Å². The quantitative estimate of drug-likeness (QED) is 0.182. The van der Waals surface area contributed by atoms with Gasteiger partial charge in [-0.1, -0.05) is 133 Å². The molecule has 222 valence electrons. The molecule has 9 aromatic carbocycles. The Morgan fingerprint density at radius 3 is 1.00 bits per heavy atom. The van der Waals surface area contributed by atoms with Gasteiger partial charge in [0.25, 0.3) is 0 Å². The van der Waals surface area contributed by atoms with Crippen LogP contribution in [0, 0.1) is 0 Å². The van der Waals surface area contributed by atoms with Gasteiger partial charge in [0, 0.05) is 17.8 Å². The summed E-state index contributed by atoms with van der Waals surface area (Å²) in [6.07, 6.45) is 3.89. The van der Waals surface area contributed by atoms with E-state index in [4.69, 9.17) is 0 Å². The second-order valence-electron chi connectivity index (χ2n) is 12.7. The van der Waals surface area contributed by atoms with Crippen LogP contribution in [0.15, 0.2) is 176 Å². The maximum absolute atomic E-state index is 4.46. The zero-order chi connectivity index (χ0) is 31.6. The Bertz CT molecular complexity index is 2630. The molecule has 0 radical (unpaired) electrons. The Labute approximate surface area is 278 Å². The van der Waals surface area contributed by atoms with Crippen molar-refractivity contribution in [2.45, 2.75) is 0 Å². The largest absolute Gasteiger partial charge is 0.264 e. The summed E-state index contributed by atoms with van der Waals surface area (Å²) in [6.45, 7) is 0. The number of rotatable bonds is 3. The van der Waals surface area contributed by atoms with E-state index in [2.05, 4.69) is 169 Å². The molecule has 0 aliphatic heterocycles. The molecule has 0 saturated heterocycles. The topological polar surface area (TPSA) is 12.9 Å². The maximum atomic E-state index is 4.46. The standard InChI is InChI=1S/C47H29N/c1-2-15-38-36(13-1)37-14-3-5-17-40(37)45-27-34(19-21-42(38)45)32-11-7-9-30(25-32)31-10-8-12-33(26-31)35-20-22-43-46(28-35)41-18-6-4-16-39(41)44-23-24-48-29-47(43)44/h1-29H. The summed E-state index contributed by atoms with van der Waals surface area (Å²) in [5, 5.41) is 15.3. The van der Waals surface area contributed by atoms with E-state index in [9.17, 15) is 0 Å². The molecule has 10 rings (SSSR count). The van der Waals surface area contributed by atoms with Crippen molar-refractivity contribution < 1.29 is 0 Å². The fourth-order valence-corrected chi connectivity index (χ4v) is 7.82. The summed E-state index contributed by atoms with van der Waals surface area (Å²) in [6, 6.07) is 60.1. The van der Waals surface area contributed by atoms with Crippen molar-refractivity contribution >= 4 is 64.6 Å². The fraction of sp³-hybridized carbons (Fsp3) is 0. The third-order valence-corrected chi connectivity index (χ3v) is 10.1. The number of hydrogen-bond donors (Lipinski definition) is 0. The van der Waals surface area contributed by atoms with Crippen molar-refractivity contribution in [1.29, 1.82) is 0 Å². The Hall–Kier alpha value is -6.31. The molecule has 0 N–H and O–H groups in total. The molecule has 1 aromatic heterocycles. The van der Waals surface area contributed by atoms with E-state index in [0.717, 1.165) is 0 Å². The third kappa shape index (κ3) is 4.15. The van der Waals surface area contributed by atoms with Crippen LogP contribution < -0.4 is 0 Å². The monoisotopic (exact) mass is 607 g/mol. The lowest BCUT2D eigenvalue weighted by atomic mass is 9.91. The lowest BCUT2D eigenvalue weighted by Gasteiger charge is -2.13. The van der Waals surface area contributed by atoms with E-state index in [-0.39, 0.29) is 0 Å². The van der Waals surface area contributed by atoms with Crippen LogP contribution in [0.25, 0.3) is 98.0 Å². The summed E-state index contributed by atoms with van der Waals surface area (Å²) < 4.78 is 0. The average Bonchev–Trinajstić information content (AvgIpc) is 3.18. The molecule has 1 heterocycles. The predicted molar refractivity (Wildman–Crippen MR) is 206 cm³/mol. The predicted octanol–water partition coefficient (Wildman–Crippen LogP) is 13.0. The van der Waals surface area contributed by atoms with Crippen LogP contribution >= 0.6 is 0 Å². The van der Waals surface area contributed by atoms with Gasteiger partial charge in [0.1, 0.15) is 0 Å². The highest BCUT2D eigenvalue weighted by Gasteiger charge is 2.12. The smallest absolute Gasteiger partial charge is 0.0352 e. The van der Waals surface area contributed by atoms with Gasteiger partial charge >= 0.3 is 0 Å². The van der Waals surface area contributed by atoms with Crippen LogP contribution in [0.5, 0.6) is 0 Å². The van der Waals surface area contributed by atoms with Crippen LogP contribution in [0.1, 0.15) is 0 Å². The summed E-state index contributed by atoms with van der Waals surface area (Å²) >= 11 is 0. The molecule has 0 bridgehead atoms. The molecule has 48 heavy (non-hydrogen) atoms. The molecular formula is C47H29N. The minimum atomic E-state index is 1.19. The first kappa shape index (κ1) is 26.9. The molecule has 0 unspecified atom stereocenters. The van der Waals surface area contributed by atoms with Gasteiger partial charge in [-0.25, -0.2) is 0 Å². The molecule has 0 amide bonds. The zero-order valence-electron chi connectivity index (χ0n) is 26.2. The normalized spacial score (nSPS) is 11.8. The highest BCUT2D eigenvalue weighted by atomic mass is 14.6. The van der Waals surface area contributed by atoms with Gasteiger partial charge in [-0.2, -0.15) is 0 Å². The molecule has 0 aliphatic carbocycles. The van der Waals surface area contributed by atoms with Gasteiger partial charge < -0.3 is 0 Å². The van der Waals surface area contributed by atoms with Crippen molar-refractivity contribution in [3.05, 3.63) is 176 Å². The Kier molecular flexibility index (Phi) is 5.94. The van der Waals surface area contributed by atoms with Crippen LogP contribution in [-0.4, -0.2) is 4.98 Å². The lowest BCUT2D eigenvalue weighted by molar-refractivity contribution is 1.37. The SMILES string of the molecule is c1cc(-c2cccc(-c3ccc4c5cnccc5c5ccccc5c4c3)c2)cc(-c2ccc3c4ccccc4c4ccccc4c3c2)c1. The number of aromatic nitrogens is 1. The maximum Gasteiger partial charge on any atom is 0.0352 e. The first-order valence-corrected chi connectivity index (χ1v) is 16.5. The Morgan fingerprint density at radius 1 is 0.229 bits per heavy atom. The molecule has 0 spiro atoms. The lowest BCUT2D eigenvalue weighted by Crippen LogP contribution is -1.87. The number of benzene rings is 9. The van der Waals surface area contributed by atoms with Gasteiger partial charge in [0.2, 0.25) is 0 Å². The van der Waals surface area contributed by atoms with Crippen molar-refractivity contribution in [2.24, 2.45) is 0 Å². The summed E-state index contributed by atoms with van der Waals surface area (Å²) in [5.41, 5.74) is 7.28. The minimum absolute atomic E-state index is 1.19. The Morgan fingerprint density at radius 2 is 0.562 bits per heavy atom. The van der Waals surface area contributed by atoms with Gasteiger partial charge in [0.05, 0.1) is 0 Å². The van der Waals surface area contributed by atoms with E-state index in [1.54, 1.807) is 0 Å². The second-order valence-corrected chi connectivity index (χ2v) is 12.7. The van der Waals surface area contributed by atoms with Gasteiger partial charge in [-0.05, 0) is 123 Å². The summed E-state index contributed by atoms with van der Waals surface area (Å²) in [5.74, 6) is 0. The minimum Gasteiger partial charge on any atom is -0.264 e. The molecule has 0 saturated carbocycles. The Balaban J connectivity index is 1.08. The van der Waals surface area contributed by atoms with Gasteiger partial charge in [0.15, 0.2) is 0 Å². The molecule has 0 aliphatic rings. The number of pyridine rings is 1. The van der Waals surface area contributed by atoms with E-state index in [1.807, 2.05) is 12.4 Å². The van der Waals surface area contributed by atoms with Crippen molar-refractivity contribution in [1.82, 2.24) is 4.98 Å². The molecular weight excluding hydrogens is 579 g/mol. The molecule has 0 atom stereocenters. The van der Waals surface area contributed by atoms with Crippen molar-refractivity contribution in [3.8, 4) is 33.4 Å². The first-order valence-electron chi connectivity index (χ1n) is 16.5. The summed E-state index contributed by atoms with van der Waals surface area (Å²) in [7, 11) is 0. The molecule has 10 aromatic rings. The van der Waals surface area contributed by atoms with Crippen LogP contribution in [0.4, 0.5) is 0 Å². The first-order chi connectivity index (χ1) is 23.8. The number of fused-ring (bicyclic) bond motifs is 12. The highest BCUT2D eigenvalue weighted by molar-refractivity contribution is 6.26. The number of nitrogens with zero attached hydrogens (tertiary/aromatic N) is 1. The van der Waals surface area contributed by atoms with Crippen molar-refractivity contribution in [3.63, 3.8) is 0 Å². The number of hydrogen-bond acceptors (Lipinski definition) is 1. The van der Waals surface area contributed by atoms with E-state index < -0.39 is 0 Å². The third-order valence-electron chi connectivity index (χ3n) is 10.1.